The molecule has 35 heavy (non-hydrogen) atoms. The van der Waals surface area contributed by atoms with Crippen LogP contribution in [0.2, 0.25) is 0 Å². The fourth-order valence-electron chi connectivity index (χ4n) is 3.26. The molecule has 0 saturated carbocycles. The summed E-state index contributed by atoms with van der Waals surface area (Å²) in [5, 5.41) is 15.0. The number of carbonyl (C=O) groups excluding carboxylic acids is 2. The van der Waals surface area contributed by atoms with E-state index in [-0.39, 0.29) is 18.1 Å². The quantitative estimate of drug-likeness (QED) is 0.288. The summed E-state index contributed by atoms with van der Waals surface area (Å²) < 4.78 is 11.4. The van der Waals surface area contributed by atoms with Crippen molar-refractivity contribution in [3.05, 3.63) is 87.4 Å². The number of amides is 2. The van der Waals surface area contributed by atoms with E-state index in [9.17, 15) is 14.9 Å². The molecule has 0 unspecified atom stereocenters. The number of rotatable bonds is 8. The zero-order valence-corrected chi connectivity index (χ0v) is 21.1. The lowest BCUT2D eigenvalue weighted by Crippen LogP contribution is -2.20. The Morgan fingerprint density at radius 1 is 1.00 bits per heavy atom. The van der Waals surface area contributed by atoms with Crippen LogP contribution in [0.4, 0.5) is 11.4 Å². The van der Waals surface area contributed by atoms with Crippen LogP contribution in [-0.4, -0.2) is 25.5 Å². The molecule has 0 atom stereocenters. The van der Waals surface area contributed by atoms with E-state index in [2.05, 4.69) is 26.6 Å². The number of carbonyl (C=O) groups is 2. The maximum atomic E-state index is 12.6. The summed E-state index contributed by atoms with van der Waals surface area (Å²) >= 11 is 3.42. The van der Waals surface area contributed by atoms with E-state index in [0.717, 1.165) is 11.1 Å². The molecule has 0 spiro atoms. The Morgan fingerprint density at radius 3 is 2.46 bits per heavy atom. The Morgan fingerprint density at radius 2 is 1.77 bits per heavy atom. The minimum atomic E-state index is -0.496. The maximum absolute atomic E-state index is 12.6. The fraction of sp³-hybridized carbons (Fsp3) is 0.148. The molecule has 0 aromatic heterocycles. The first-order valence-electron chi connectivity index (χ1n) is 10.7. The van der Waals surface area contributed by atoms with Gasteiger partial charge in [-0.1, -0.05) is 35.9 Å². The van der Waals surface area contributed by atoms with E-state index in [1.54, 1.807) is 36.4 Å². The van der Waals surface area contributed by atoms with E-state index in [1.165, 1.54) is 13.2 Å². The van der Waals surface area contributed by atoms with Crippen molar-refractivity contribution in [2.75, 3.05) is 24.4 Å². The second-order valence-corrected chi connectivity index (χ2v) is 8.52. The molecule has 3 rings (SSSR count). The monoisotopic (exact) mass is 533 g/mol. The lowest BCUT2D eigenvalue weighted by atomic mass is 10.1. The van der Waals surface area contributed by atoms with Crippen LogP contribution in [0.15, 0.2) is 70.7 Å². The lowest BCUT2D eigenvalue weighted by molar-refractivity contribution is -0.118. The first-order valence-corrected chi connectivity index (χ1v) is 11.5. The molecule has 8 heteroatoms. The first-order chi connectivity index (χ1) is 16.8. The summed E-state index contributed by atoms with van der Waals surface area (Å²) in [4.78, 5) is 24.9. The van der Waals surface area contributed by atoms with Gasteiger partial charge in [-0.15, -0.1) is 0 Å². The number of nitrogens with one attached hydrogen (secondary N) is 2. The molecule has 0 heterocycles. The van der Waals surface area contributed by atoms with Gasteiger partial charge in [0.15, 0.2) is 6.61 Å². The SMILES string of the molecule is COc1ccccc1NC(=O)COc1ccc(/C=C(\C#N)C(=O)Nc2ccc(C)cc2C)cc1Br. The Kier molecular flexibility index (Phi) is 8.65. The van der Waals surface area contributed by atoms with E-state index in [1.807, 2.05) is 44.2 Å². The van der Waals surface area contributed by atoms with E-state index in [0.29, 0.717) is 32.9 Å². The minimum absolute atomic E-state index is 0.0401. The molecule has 0 radical (unpaired) electrons. The van der Waals surface area contributed by atoms with E-state index >= 15 is 0 Å². The summed E-state index contributed by atoms with van der Waals surface area (Å²) in [6.07, 6.45) is 1.49. The maximum Gasteiger partial charge on any atom is 0.266 e. The van der Waals surface area contributed by atoms with Crippen LogP contribution < -0.4 is 20.1 Å². The fourth-order valence-corrected chi connectivity index (χ4v) is 3.77. The van der Waals surface area contributed by atoms with Gasteiger partial charge >= 0.3 is 0 Å². The predicted molar refractivity (Wildman–Crippen MR) is 139 cm³/mol. The van der Waals surface area contributed by atoms with Crippen LogP contribution in [0, 0.1) is 25.2 Å². The zero-order chi connectivity index (χ0) is 25.4. The highest BCUT2D eigenvalue weighted by atomic mass is 79.9. The Hall–Kier alpha value is -4.09. The number of ether oxygens (including phenoxy) is 2. The summed E-state index contributed by atoms with van der Waals surface area (Å²) in [5.41, 5.74) is 3.77. The first kappa shape index (κ1) is 25.5. The Labute approximate surface area is 212 Å². The Balaban J connectivity index is 1.65. The van der Waals surface area contributed by atoms with Crippen molar-refractivity contribution in [1.82, 2.24) is 0 Å². The number of aryl methyl sites for hydroxylation is 2. The molecule has 0 aliphatic rings. The van der Waals surface area contributed by atoms with Gasteiger partial charge in [0.25, 0.3) is 11.8 Å². The van der Waals surface area contributed by atoms with Crippen molar-refractivity contribution < 1.29 is 19.1 Å². The number of benzene rings is 3. The van der Waals surface area contributed by atoms with Gasteiger partial charge in [-0.25, -0.2) is 0 Å². The van der Waals surface area contributed by atoms with Gasteiger partial charge in [0.2, 0.25) is 0 Å². The van der Waals surface area contributed by atoms with Gasteiger partial charge in [-0.3, -0.25) is 9.59 Å². The highest BCUT2D eigenvalue weighted by molar-refractivity contribution is 9.10. The molecule has 7 nitrogen and oxygen atoms in total. The van der Waals surface area contributed by atoms with Crippen molar-refractivity contribution in [3.8, 4) is 17.6 Å². The standard InChI is InChI=1S/C27H24BrN3O4/c1-17-8-10-22(18(2)12-17)31-27(33)20(15-29)13-19-9-11-24(21(28)14-19)35-16-26(32)30-23-6-4-5-7-25(23)34-3/h4-14H,16H2,1-3H3,(H,30,32)(H,31,33)/b20-13+. The van der Waals surface area contributed by atoms with Gasteiger partial charge in [0.1, 0.15) is 23.1 Å². The summed E-state index contributed by atoms with van der Waals surface area (Å²) in [7, 11) is 1.53. The van der Waals surface area contributed by atoms with Crippen LogP contribution >= 0.6 is 15.9 Å². The third-order valence-corrected chi connectivity index (χ3v) is 5.62. The number of para-hydroxylation sites is 2. The zero-order valence-electron chi connectivity index (χ0n) is 19.5. The van der Waals surface area contributed by atoms with Gasteiger partial charge in [-0.05, 0) is 77.3 Å². The average Bonchev–Trinajstić information content (AvgIpc) is 2.84. The summed E-state index contributed by atoms with van der Waals surface area (Å²) in [6, 6.07) is 19.7. The summed E-state index contributed by atoms with van der Waals surface area (Å²) in [5.74, 6) is 0.146. The number of methoxy groups -OCH3 is 1. The average molecular weight is 534 g/mol. The second kappa shape index (κ2) is 11.9. The van der Waals surface area contributed by atoms with Crippen molar-refractivity contribution in [3.63, 3.8) is 0 Å². The van der Waals surface area contributed by atoms with Crippen LogP contribution in [0.5, 0.6) is 11.5 Å². The minimum Gasteiger partial charge on any atom is -0.495 e. The van der Waals surface area contributed by atoms with Crippen molar-refractivity contribution >= 4 is 45.2 Å². The molecule has 0 fully saturated rings. The van der Waals surface area contributed by atoms with Gasteiger partial charge in [0, 0.05) is 5.69 Å². The largest absolute Gasteiger partial charge is 0.495 e. The van der Waals surface area contributed by atoms with Gasteiger partial charge < -0.3 is 20.1 Å². The number of anilines is 2. The number of nitrogens with zero attached hydrogens (tertiary/aromatic N) is 1. The summed E-state index contributed by atoms with van der Waals surface area (Å²) in [6.45, 7) is 3.65. The predicted octanol–water partition coefficient (Wildman–Crippen LogP) is 5.64. The van der Waals surface area contributed by atoms with Crippen molar-refractivity contribution in [1.29, 1.82) is 5.26 Å². The molecule has 0 saturated heterocycles. The molecule has 178 valence electrons. The molecule has 3 aromatic carbocycles. The third-order valence-electron chi connectivity index (χ3n) is 5.00. The lowest BCUT2D eigenvalue weighted by Gasteiger charge is -2.12. The normalized spacial score (nSPS) is 10.8. The topological polar surface area (TPSA) is 100 Å². The van der Waals surface area contributed by atoms with Crippen LogP contribution in [0.1, 0.15) is 16.7 Å². The number of hydrogen-bond donors (Lipinski definition) is 2. The highest BCUT2D eigenvalue weighted by Crippen LogP contribution is 2.28. The van der Waals surface area contributed by atoms with Crippen LogP contribution in [-0.2, 0) is 9.59 Å². The molecule has 2 amide bonds. The van der Waals surface area contributed by atoms with E-state index < -0.39 is 5.91 Å². The van der Waals surface area contributed by atoms with Crippen LogP contribution in [0.25, 0.3) is 6.08 Å². The second-order valence-electron chi connectivity index (χ2n) is 7.67. The van der Waals surface area contributed by atoms with Crippen LogP contribution in [0.3, 0.4) is 0 Å². The molecule has 0 aliphatic heterocycles. The van der Waals surface area contributed by atoms with E-state index in [4.69, 9.17) is 9.47 Å². The number of hydrogen-bond acceptors (Lipinski definition) is 5. The number of halogens is 1. The molecular formula is C27H24BrN3O4. The highest BCUT2D eigenvalue weighted by Gasteiger charge is 2.13. The molecule has 3 aromatic rings. The molecular weight excluding hydrogens is 510 g/mol. The number of nitriles is 1. The van der Waals surface area contributed by atoms with Crippen molar-refractivity contribution in [2.45, 2.75) is 13.8 Å². The van der Waals surface area contributed by atoms with Gasteiger partial charge in [-0.2, -0.15) is 5.26 Å². The molecule has 0 aliphatic carbocycles. The molecule has 2 N–H and O–H groups in total. The third kappa shape index (κ3) is 6.95. The van der Waals surface area contributed by atoms with Gasteiger partial charge in [0.05, 0.1) is 17.3 Å². The molecule has 0 bridgehead atoms. The Bertz CT molecular complexity index is 1330. The van der Waals surface area contributed by atoms with Crippen molar-refractivity contribution in [2.24, 2.45) is 0 Å². The smallest absolute Gasteiger partial charge is 0.266 e.